The van der Waals surface area contributed by atoms with E-state index in [2.05, 4.69) is 15.3 Å². The highest BCUT2D eigenvalue weighted by atomic mass is 16.5. The summed E-state index contributed by atoms with van der Waals surface area (Å²) in [5.41, 5.74) is 1.56. The Morgan fingerprint density at radius 3 is 2.76 bits per heavy atom. The Balaban J connectivity index is 1.59. The molecule has 0 radical (unpaired) electrons. The second kappa shape index (κ2) is 8.69. The highest BCUT2D eigenvalue weighted by molar-refractivity contribution is 5.93. The van der Waals surface area contributed by atoms with Crippen molar-refractivity contribution in [2.24, 2.45) is 0 Å². The molecule has 1 saturated heterocycles. The molecule has 0 bridgehead atoms. The van der Waals surface area contributed by atoms with Crippen LogP contribution < -0.4 is 5.32 Å². The summed E-state index contributed by atoms with van der Waals surface area (Å²) in [4.78, 5) is 20.8. The quantitative estimate of drug-likeness (QED) is 0.871. The number of carbonyl (C=O) groups excluding carboxylic acids is 1. The summed E-state index contributed by atoms with van der Waals surface area (Å²) in [7, 11) is 0. The predicted molar refractivity (Wildman–Crippen MR) is 93.1 cm³/mol. The number of hydrogen-bond donors (Lipinski definition) is 1. The normalized spacial score (nSPS) is 20.2. The summed E-state index contributed by atoms with van der Waals surface area (Å²) in [6, 6.07) is 9.83. The molecule has 132 valence electrons. The zero-order chi connectivity index (χ0) is 17.5. The predicted octanol–water partition coefficient (Wildman–Crippen LogP) is 2.14. The summed E-state index contributed by atoms with van der Waals surface area (Å²) >= 11 is 0. The molecular formula is C19H23N3O3. The van der Waals surface area contributed by atoms with Crippen molar-refractivity contribution in [2.75, 3.05) is 13.2 Å². The summed E-state index contributed by atoms with van der Waals surface area (Å²) in [5.74, 6) is 0.521. The molecule has 0 aliphatic carbocycles. The monoisotopic (exact) mass is 341 g/mol. The number of amides is 1. The lowest BCUT2D eigenvalue weighted by atomic mass is 10.1. The van der Waals surface area contributed by atoms with Crippen molar-refractivity contribution < 1.29 is 14.3 Å². The van der Waals surface area contributed by atoms with Crippen LogP contribution in [0.3, 0.4) is 0 Å². The molecule has 2 heterocycles. The first-order chi connectivity index (χ1) is 12.3. The Morgan fingerprint density at radius 1 is 1.28 bits per heavy atom. The Bertz CT molecular complexity index is 676. The minimum atomic E-state index is -0.202. The summed E-state index contributed by atoms with van der Waals surface area (Å²) < 4.78 is 11.5. The lowest BCUT2D eigenvalue weighted by Gasteiger charge is -2.32. The van der Waals surface area contributed by atoms with Gasteiger partial charge in [-0.2, -0.15) is 0 Å². The highest BCUT2D eigenvalue weighted by Gasteiger charge is 2.28. The molecule has 2 aromatic rings. The SMILES string of the molecule is CCc1ncc(C(=O)N[C@@H]2COCC[C@@H]2OCc2ccccc2)cn1. The second-order valence-corrected chi connectivity index (χ2v) is 6.02. The number of carbonyl (C=O) groups is 1. The third-order valence-electron chi connectivity index (χ3n) is 4.20. The van der Waals surface area contributed by atoms with E-state index in [1.807, 2.05) is 37.3 Å². The topological polar surface area (TPSA) is 73.3 Å². The van der Waals surface area contributed by atoms with Crippen LogP contribution in [0.5, 0.6) is 0 Å². The molecule has 1 N–H and O–H groups in total. The summed E-state index contributed by atoms with van der Waals surface area (Å²) in [6.45, 7) is 3.58. The number of aryl methyl sites for hydroxylation is 1. The molecule has 0 unspecified atom stereocenters. The maximum Gasteiger partial charge on any atom is 0.254 e. The van der Waals surface area contributed by atoms with Crippen LogP contribution >= 0.6 is 0 Å². The van der Waals surface area contributed by atoms with E-state index in [0.717, 1.165) is 24.2 Å². The molecule has 1 aliphatic heterocycles. The number of ether oxygens (including phenoxy) is 2. The lowest BCUT2D eigenvalue weighted by molar-refractivity contribution is -0.0605. The van der Waals surface area contributed by atoms with Crippen LogP contribution in [0.4, 0.5) is 0 Å². The van der Waals surface area contributed by atoms with Crippen LogP contribution in [0, 0.1) is 0 Å². The molecule has 1 aromatic heterocycles. The summed E-state index contributed by atoms with van der Waals surface area (Å²) in [6.07, 6.45) is 4.54. The van der Waals surface area contributed by atoms with Gasteiger partial charge in [0.1, 0.15) is 5.82 Å². The molecule has 25 heavy (non-hydrogen) atoms. The average Bonchev–Trinajstić information content (AvgIpc) is 2.68. The van der Waals surface area contributed by atoms with Gasteiger partial charge in [0.25, 0.3) is 5.91 Å². The van der Waals surface area contributed by atoms with Crippen molar-refractivity contribution in [2.45, 2.75) is 38.5 Å². The molecule has 2 atom stereocenters. The van der Waals surface area contributed by atoms with Gasteiger partial charge < -0.3 is 14.8 Å². The third kappa shape index (κ3) is 4.84. The molecule has 3 rings (SSSR count). The van der Waals surface area contributed by atoms with E-state index < -0.39 is 0 Å². The maximum atomic E-state index is 12.4. The number of aromatic nitrogens is 2. The fourth-order valence-electron chi connectivity index (χ4n) is 2.74. The fourth-order valence-corrected chi connectivity index (χ4v) is 2.74. The van der Waals surface area contributed by atoms with Crippen molar-refractivity contribution in [3.63, 3.8) is 0 Å². The second-order valence-electron chi connectivity index (χ2n) is 6.02. The van der Waals surface area contributed by atoms with E-state index in [0.29, 0.717) is 25.4 Å². The van der Waals surface area contributed by atoms with Gasteiger partial charge in [-0.15, -0.1) is 0 Å². The van der Waals surface area contributed by atoms with Gasteiger partial charge in [0.15, 0.2) is 0 Å². The van der Waals surface area contributed by atoms with Crippen molar-refractivity contribution in [3.05, 3.63) is 59.7 Å². The molecule has 1 amide bonds. The Kier molecular flexibility index (Phi) is 6.09. The first-order valence-electron chi connectivity index (χ1n) is 8.61. The first kappa shape index (κ1) is 17.5. The van der Waals surface area contributed by atoms with Crippen molar-refractivity contribution >= 4 is 5.91 Å². The van der Waals surface area contributed by atoms with E-state index >= 15 is 0 Å². The maximum absolute atomic E-state index is 12.4. The van der Waals surface area contributed by atoms with E-state index in [1.54, 1.807) is 12.4 Å². The van der Waals surface area contributed by atoms with Crippen molar-refractivity contribution in [1.82, 2.24) is 15.3 Å². The molecule has 1 aliphatic rings. The third-order valence-corrected chi connectivity index (χ3v) is 4.20. The van der Waals surface area contributed by atoms with Crippen molar-refractivity contribution in [3.8, 4) is 0 Å². The van der Waals surface area contributed by atoms with Gasteiger partial charge in [-0.05, 0) is 12.0 Å². The van der Waals surface area contributed by atoms with E-state index in [1.165, 1.54) is 0 Å². The minimum absolute atomic E-state index is 0.0752. The van der Waals surface area contributed by atoms with Gasteiger partial charge in [-0.3, -0.25) is 4.79 Å². The zero-order valence-electron chi connectivity index (χ0n) is 14.4. The van der Waals surface area contributed by atoms with Crippen LogP contribution in [-0.4, -0.2) is 41.2 Å². The van der Waals surface area contributed by atoms with Crippen LogP contribution in [0.2, 0.25) is 0 Å². The van der Waals surface area contributed by atoms with Crippen LogP contribution in [-0.2, 0) is 22.5 Å². The Labute approximate surface area is 147 Å². The van der Waals surface area contributed by atoms with Gasteiger partial charge in [0.05, 0.1) is 30.9 Å². The highest BCUT2D eigenvalue weighted by Crippen LogP contribution is 2.15. The molecule has 0 spiro atoms. The molecule has 0 saturated carbocycles. The Hall–Kier alpha value is -2.31. The first-order valence-corrected chi connectivity index (χ1v) is 8.61. The van der Waals surface area contributed by atoms with Gasteiger partial charge in [0, 0.05) is 25.4 Å². The molecule has 1 fully saturated rings. The van der Waals surface area contributed by atoms with Gasteiger partial charge in [0.2, 0.25) is 0 Å². The fraction of sp³-hybridized carbons (Fsp3) is 0.421. The van der Waals surface area contributed by atoms with Gasteiger partial charge in [-0.1, -0.05) is 37.3 Å². The standard InChI is InChI=1S/C19H23N3O3/c1-2-18-20-10-15(11-21-18)19(23)22-16-13-24-9-8-17(16)25-12-14-6-4-3-5-7-14/h3-7,10-11,16-17H,2,8-9,12-13H2,1H3,(H,22,23)/t16-,17+/m1/s1. The molecule has 1 aromatic carbocycles. The molecule has 6 nitrogen and oxygen atoms in total. The number of rotatable bonds is 6. The van der Waals surface area contributed by atoms with Crippen LogP contribution in [0.1, 0.15) is 35.1 Å². The zero-order valence-corrected chi connectivity index (χ0v) is 14.4. The Morgan fingerprint density at radius 2 is 2.04 bits per heavy atom. The van der Waals surface area contributed by atoms with Gasteiger partial charge in [-0.25, -0.2) is 9.97 Å². The molecular weight excluding hydrogens is 318 g/mol. The number of nitrogens with zero attached hydrogens (tertiary/aromatic N) is 2. The van der Waals surface area contributed by atoms with E-state index in [-0.39, 0.29) is 18.1 Å². The number of benzene rings is 1. The largest absolute Gasteiger partial charge is 0.379 e. The number of nitrogens with one attached hydrogen (secondary N) is 1. The lowest BCUT2D eigenvalue weighted by Crippen LogP contribution is -2.50. The smallest absolute Gasteiger partial charge is 0.254 e. The number of hydrogen-bond acceptors (Lipinski definition) is 5. The van der Waals surface area contributed by atoms with E-state index in [4.69, 9.17) is 9.47 Å². The van der Waals surface area contributed by atoms with Gasteiger partial charge >= 0.3 is 0 Å². The van der Waals surface area contributed by atoms with E-state index in [9.17, 15) is 4.79 Å². The van der Waals surface area contributed by atoms with Crippen LogP contribution in [0.25, 0.3) is 0 Å². The summed E-state index contributed by atoms with van der Waals surface area (Å²) in [5, 5.41) is 2.99. The average molecular weight is 341 g/mol. The minimum Gasteiger partial charge on any atom is -0.379 e. The van der Waals surface area contributed by atoms with Crippen molar-refractivity contribution in [1.29, 1.82) is 0 Å². The van der Waals surface area contributed by atoms with Crippen LogP contribution in [0.15, 0.2) is 42.7 Å². The molecule has 6 heteroatoms.